The lowest BCUT2D eigenvalue weighted by Gasteiger charge is -2.29. The number of fused-ring (bicyclic) bond motifs is 2. The predicted molar refractivity (Wildman–Crippen MR) is 144 cm³/mol. The Hall–Kier alpha value is -2.76. The highest BCUT2D eigenvalue weighted by atomic mass is 35.5. The zero-order chi connectivity index (χ0) is 25.1. The van der Waals surface area contributed by atoms with Crippen LogP contribution in [-0.4, -0.2) is 41.5 Å². The molecule has 0 spiro atoms. The summed E-state index contributed by atoms with van der Waals surface area (Å²) < 4.78 is 14.4. The van der Waals surface area contributed by atoms with Gasteiger partial charge in [0.25, 0.3) is 0 Å². The highest BCUT2D eigenvalue weighted by molar-refractivity contribution is 6.36. The molecule has 1 aliphatic carbocycles. The first-order valence-electron chi connectivity index (χ1n) is 12.3. The van der Waals surface area contributed by atoms with Crippen molar-refractivity contribution in [2.75, 3.05) is 26.7 Å². The van der Waals surface area contributed by atoms with Crippen molar-refractivity contribution >= 4 is 28.1 Å². The number of allylic oxidation sites excluding steroid dienone is 1. The van der Waals surface area contributed by atoms with Gasteiger partial charge in [0, 0.05) is 48.5 Å². The SMILES string of the molecule is C=C(c1ccc2c(Cl)c3c(nc2c1)CC(c1ncccc1F)CC3)C(C)CN(CCNC)C(=C)C. The molecule has 4 rings (SSSR count). The van der Waals surface area contributed by atoms with Crippen molar-refractivity contribution < 1.29 is 4.39 Å². The lowest BCUT2D eigenvalue weighted by molar-refractivity contribution is 0.323. The van der Waals surface area contributed by atoms with E-state index in [0.717, 1.165) is 76.5 Å². The number of rotatable bonds is 9. The molecule has 1 aliphatic rings. The maximum absolute atomic E-state index is 14.4. The molecule has 35 heavy (non-hydrogen) atoms. The van der Waals surface area contributed by atoms with E-state index >= 15 is 0 Å². The van der Waals surface area contributed by atoms with Gasteiger partial charge in [0.15, 0.2) is 0 Å². The van der Waals surface area contributed by atoms with E-state index < -0.39 is 0 Å². The first-order valence-corrected chi connectivity index (χ1v) is 12.6. The maximum atomic E-state index is 14.4. The number of benzene rings is 1. The van der Waals surface area contributed by atoms with E-state index in [0.29, 0.717) is 12.1 Å². The van der Waals surface area contributed by atoms with Crippen LogP contribution in [0.1, 0.15) is 48.7 Å². The van der Waals surface area contributed by atoms with Gasteiger partial charge in [-0.05, 0) is 74.1 Å². The van der Waals surface area contributed by atoms with Gasteiger partial charge in [-0.15, -0.1) is 0 Å². The van der Waals surface area contributed by atoms with E-state index in [1.165, 1.54) is 6.07 Å². The molecule has 184 valence electrons. The van der Waals surface area contributed by atoms with Crippen molar-refractivity contribution in [3.63, 3.8) is 0 Å². The average Bonchev–Trinajstić information content (AvgIpc) is 2.85. The number of pyridine rings is 2. The molecule has 6 heteroatoms. The third kappa shape index (κ3) is 5.41. The van der Waals surface area contributed by atoms with E-state index in [4.69, 9.17) is 16.6 Å². The molecule has 3 aromatic rings. The highest BCUT2D eigenvalue weighted by Crippen LogP contribution is 2.39. The average molecular weight is 493 g/mol. The molecule has 0 amide bonds. The molecule has 0 aliphatic heterocycles. The third-order valence-electron chi connectivity index (χ3n) is 7.09. The second-order valence-corrected chi connectivity index (χ2v) is 9.98. The van der Waals surface area contributed by atoms with Crippen LogP contribution in [0.25, 0.3) is 16.5 Å². The van der Waals surface area contributed by atoms with Crippen molar-refractivity contribution in [1.29, 1.82) is 0 Å². The summed E-state index contributed by atoms with van der Waals surface area (Å²) in [5.74, 6) is -0.00169. The highest BCUT2D eigenvalue weighted by Gasteiger charge is 2.27. The normalized spacial score (nSPS) is 16.1. The summed E-state index contributed by atoms with van der Waals surface area (Å²) in [5.41, 5.74) is 6.57. The maximum Gasteiger partial charge on any atom is 0.144 e. The minimum atomic E-state index is -0.251. The van der Waals surface area contributed by atoms with Crippen LogP contribution in [0, 0.1) is 11.7 Å². The molecule has 2 unspecified atom stereocenters. The first kappa shape index (κ1) is 25.3. The van der Waals surface area contributed by atoms with E-state index in [9.17, 15) is 4.39 Å². The van der Waals surface area contributed by atoms with Crippen LogP contribution < -0.4 is 5.32 Å². The summed E-state index contributed by atoms with van der Waals surface area (Å²) in [7, 11) is 1.96. The number of halogens is 2. The van der Waals surface area contributed by atoms with Gasteiger partial charge in [0.05, 0.1) is 16.2 Å². The van der Waals surface area contributed by atoms with E-state index in [-0.39, 0.29) is 17.7 Å². The molecule has 0 bridgehead atoms. The van der Waals surface area contributed by atoms with Crippen molar-refractivity contribution in [2.24, 2.45) is 5.92 Å². The molecular weight excluding hydrogens is 459 g/mol. The van der Waals surface area contributed by atoms with Crippen LogP contribution in [-0.2, 0) is 12.8 Å². The molecule has 0 fully saturated rings. The second kappa shape index (κ2) is 10.9. The van der Waals surface area contributed by atoms with Crippen LogP contribution in [0.2, 0.25) is 5.02 Å². The van der Waals surface area contributed by atoms with Crippen molar-refractivity contribution in [1.82, 2.24) is 20.2 Å². The quantitative estimate of drug-likeness (QED) is 0.375. The van der Waals surface area contributed by atoms with Gasteiger partial charge in [0.2, 0.25) is 0 Å². The molecule has 0 saturated carbocycles. The summed E-state index contributed by atoms with van der Waals surface area (Å²) in [6.07, 6.45) is 3.88. The molecule has 0 saturated heterocycles. The third-order valence-corrected chi connectivity index (χ3v) is 7.52. The fraction of sp³-hybridized carbons (Fsp3) is 0.379. The summed E-state index contributed by atoms with van der Waals surface area (Å²) in [6, 6.07) is 9.34. The largest absolute Gasteiger partial charge is 0.374 e. The Morgan fingerprint density at radius 1 is 1.31 bits per heavy atom. The van der Waals surface area contributed by atoms with Gasteiger partial charge in [0.1, 0.15) is 5.82 Å². The molecule has 1 N–H and O–H groups in total. The fourth-order valence-corrected chi connectivity index (χ4v) is 5.29. The fourth-order valence-electron chi connectivity index (χ4n) is 4.93. The smallest absolute Gasteiger partial charge is 0.144 e. The van der Waals surface area contributed by atoms with Crippen LogP contribution in [0.15, 0.2) is 55.4 Å². The zero-order valence-corrected chi connectivity index (χ0v) is 21.6. The topological polar surface area (TPSA) is 41.1 Å². The van der Waals surface area contributed by atoms with Gasteiger partial charge >= 0.3 is 0 Å². The van der Waals surface area contributed by atoms with E-state index in [2.05, 4.69) is 53.5 Å². The number of nitrogens with zero attached hydrogens (tertiary/aromatic N) is 3. The zero-order valence-electron chi connectivity index (χ0n) is 20.9. The van der Waals surface area contributed by atoms with E-state index in [1.807, 2.05) is 14.0 Å². The second-order valence-electron chi connectivity index (χ2n) is 9.60. The number of aromatic nitrogens is 2. The summed E-state index contributed by atoms with van der Waals surface area (Å²) in [4.78, 5) is 11.6. The molecule has 2 aromatic heterocycles. The van der Waals surface area contributed by atoms with Crippen LogP contribution in [0.5, 0.6) is 0 Å². The molecule has 2 atom stereocenters. The first-order chi connectivity index (χ1) is 16.8. The van der Waals surface area contributed by atoms with Crippen molar-refractivity contribution in [3.05, 3.63) is 88.7 Å². The Balaban J connectivity index is 1.60. The van der Waals surface area contributed by atoms with Gasteiger partial charge in [-0.1, -0.05) is 43.8 Å². The minimum absolute atomic E-state index is 0.00798. The number of hydrogen-bond acceptors (Lipinski definition) is 4. The predicted octanol–water partition coefficient (Wildman–Crippen LogP) is 6.40. The molecule has 2 heterocycles. The summed E-state index contributed by atoms with van der Waals surface area (Å²) >= 11 is 6.86. The van der Waals surface area contributed by atoms with Crippen molar-refractivity contribution in [3.8, 4) is 0 Å². The monoisotopic (exact) mass is 492 g/mol. The molecule has 0 radical (unpaired) electrons. The van der Waals surface area contributed by atoms with Gasteiger partial charge in [-0.2, -0.15) is 0 Å². The summed E-state index contributed by atoms with van der Waals surface area (Å²) in [6.45, 7) is 15.4. The molecular formula is C29H34ClFN4. The Morgan fingerprint density at radius 3 is 2.83 bits per heavy atom. The van der Waals surface area contributed by atoms with Crippen molar-refractivity contribution in [2.45, 2.75) is 39.0 Å². The van der Waals surface area contributed by atoms with Crippen LogP contribution in [0.4, 0.5) is 4.39 Å². The Kier molecular flexibility index (Phi) is 7.88. The van der Waals surface area contributed by atoms with Crippen LogP contribution in [0.3, 0.4) is 0 Å². The van der Waals surface area contributed by atoms with Gasteiger partial charge in [-0.25, -0.2) is 4.39 Å². The Morgan fingerprint density at radius 2 is 2.11 bits per heavy atom. The molecule has 1 aromatic carbocycles. The molecule has 4 nitrogen and oxygen atoms in total. The minimum Gasteiger partial charge on any atom is -0.374 e. The number of nitrogens with one attached hydrogen (secondary N) is 1. The lowest BCUT2D eigenvalue weighted by Crippen LogP contribution is -2.32. The number of hydrogen-bond donors (Lipinski definition) is 1. The van der Waals surface area contributed by atoms with Crippen LogP contribution >= 0.6 is 11.6 Å². The Labute approximate surface area is 212 Å². The van der Waals surface area contributed by atoms with Gasteiger partial charge < -0.3 is 10.2 Å². The van der Waals surface area contributed by atoms with Gasteiger partial charge in [-0.3, -0.25) is 9.97 Å². The lowest BCUT2D eigenvalue weighted by atomic mass is 9.83. The summed E-state index contributed by atoms with van der Waals surface area (Å²) in [5, 5.41) is 4.92. The number of likely N-dealkylation sites (N-methyl/N-ethyl adjacent to an activating group) is 1. The Bertz CT molecular complexity index is 1250. The standard InChI is InChI=1S/C29H34ClFN4/c1-18(2)35(14-13-32-5)17-19(3)20(4)21-8-10-23-26(15-21)34-27-16-22(9-11-24(27)28(23)30)29-25(31)7-6-12-33-29/h6-8,10,12,15,19,22,32H,1,4,9,11,13-14,16-17H2,2-3,5H3. The van der Waals surface area contributed by atoms with E-state index in [1.54, 1.807) is 12.3 Å².